The fourth-order valence-electron chi connectivity index (χ4n) is 1.43. The molecule has 2 N–H and O–H groups in total. The van der Waals surface area contributed by atoms with Crippen LogP contribution in [0.3, 0.4) is 0 Å². The molecule has 16 heavy (non-hydrogen) atoms. The first-order valence-corrected chi connectivity index (χ1v) is 5.09. The van der Waals surface area contributed by atoms with E-state index in [4.69, 9.17) is 11.0 Å². The Balaban J connectivity index is 3.26. The molecule has 0 heterocycles. The number of nitriles is 1. The maximum Gasteiger partial charge on any atom is 0.310 e. The van der Waals surface area contributed by atoms with Gasteiger partial charge in [-0.05, 0) is 23.3 Å². The molecule has 0 bridgehead atoms. The third-order valence-corrected chi connectivity index (χ3v) is 2.70. The zero-order chi connectivity index (χ0) is 12.1. The summed E-state index contributed by atoms with van der Waals surface area (Å²) in [5.74, 6) is -0.398. The number of ether oxygens (including phenoxy) is 1. The van der Waals surface area contributed by atoms with Crippen molar-refractivity contribution in [3.8, 4) is 6.07 Å². The van der Waals surface area contributed by atoms with Gasteiger partial charge in [-0.1, -0.05) is 0 Å². The summed E-state index contributed by atoms with van der Waals surface area (Å²) in [6.07, 6.45) is 0.0420. The number of methoxy groups -OCH3 is 1. The summed E-state index contributed by atoms with van der Waals surface area (Å²) in [6, 6.07) is 5.35. The number of rotatable bonds is 3. The van der Waals surface area contributed by atoms with E-state index in [2.05, 4.69) is 17.4 Å². The zero-order valence-electron chi connectivity index (χ0n) is 8.86. The lowest BCUT2D eigenvalue weighted by molar-refractivity contribution is -0.139. The van der Waals surface area contributed by atoms with E-state index in [1.54, 1.807) is 12.1 Å². The lowest BCUT2D eigenvalue weighted by Gasteiger charge is -2.11. The highest BCUT2D eigenvalue weighted by atomic mass is 32.1. The average molecular weight is 236 g/mol. The predicted molar refractivity (Wildman–Crippen MR) is 62.0 cm³/mol. The third kappa shape index (κ3) is 2.54. The summed E-state index contributed by atoms with van der Waals surface area (Å²) >= 11 is 4.24. The molecule has 0 radical (unpaired) electrons. The van der Waals surface area contributed by atoms with E-state index in [1.807, 2.05) is 6.07 Å². The van der Waals surface area contributed by atoms with Crippen LogP contribution < -0.4 is 5.73 Å². The second-order valence-corrected chi connectivity index (χ2v) is 3.64. The maximum atomic E-state index is 11.2. The Labute approximate surface area is 99.4 Å². The summed E-state index contributed by atoms with van der Waals surface area (Å²) in [4.78, 5) is 11.9. The van der Waals surface area contributed by atoms with E-state index in [0.717, 1.165) is 0 Å². The van der Waals surface area contributed by atoms with Crippen LogP contribution in [0.15, 0.2) is 17.0 Å². The molecule has 0 amide bonds. The van der Waals surface area contributed by atoms with Crippen LogP contribution in [0.25, 0.3) is 0 Å². The molecule has 0 saturated heterocycles. The van der Waals surface area contributed by atoms with Gasteiger partial charge >= 0.3 is 5.97 Å². The first kappa shape index (κ1) is 12.6. The summed E-state index contributed by atoms with van der Waals surface area (Å²) < 4.78 is 4.58. The van der Waals surface area contributed by atoms with Crippen molar-refractivity contribution in [1.82, 2.24) is 0 Å². The lowest BCUT2D eigenvalue weighted by Crippen LogP contribution is -2.11. The second-order valence-electron chi connectivity index (χ2n) is 3.16. The van der Waals surface area contributed by atoms with Crippen molar-refractivity contribution >= 4 is 18.6 Å². The van der Waals surface area contributed by atoms with Gasteiger partial charge in [0.2, 0.25) is 0 Å². The number of benzene rings is 1. The molecule has 5 heteroatoms. The van der Waals surface area contributed by atoms with Crippen molar-refractivity contribution in [3.05, 3.63) is 28.8 Å². The number of carbonyl (C=O) groups is 1. The van der Waals surface area contributed by atoms with Gasteiger partial charge in [-0.25, -0.2) is 0 Å². The molecule has 0 aliphatic heterocycles. The molecular weight excluding hydrogens is 224 g/mol. The quantitative estimate of drug-likeness (QED) is 0.607. The number of esters is 1. The maximum absolute atomic E-state index is 11.2. The Morgan fingerprint density at radius 3 is 2.75 bits per heavy atom. The molecule has 84 valence electrons. The van der Waals surface area contributed by atoms with E-state index in [9.17, 15) is 4.79 Å². The van der Waals surface area contributed by atoms with Gasteiger partial charge in [0.1, 0.15) is 0 Å². The average Bonchev–Trinajstić information content (AvgIpc) is 2.29. The van der Waals surface area contributed by atoms with Crippen LogP contribution in [0, 0.1) is 11.3 Å². The predicted octanol–water partition coefficient (Wildman–Crippen LogP) is 1.02. The van der Waals surface area contributed by atoms with E-state index in [-0.39, 0.29) is 13.0 Å². The number of nitrogens with two attached hydrogens (primary N) is 1. The normalized spacial score (nSPS) is 9.62. The van der Waals surface area contributed by atoms with Crippen molar-refractivity contribution in [3.63, 3.8) is 0 Å². The highest BCUT2D eigenvalue weighted by molar-refractivity contribution is 7.80. The molecule has 0 fully saturated rings. The number of carbonyl (C=O) groups excluding carboxylic acids is 1. The Bertz CT molecular complexity index is 452. The van der Waals surface area contributed by atoms with E-state index >= 15 is 0 Å². The molecule has 0 atom stereocenters. The summed E-state index contributed by atoms with van der Waals surface area (Å²) in [6.45, 7) is 0.237. The Morgan fingerprint density at radius 1 is 1.56 bits per heavy atom. The largest absolute Gasteiger partial charge is 0.469 e. The summed E-state index contributed by atoms with van der Waals surface area (Å²) in [7, 11) is 1.31. The molecule has 1 aromatic rings. The van der Waals surface area contributed by atoms with Crippen LogP contribution in [-0.2, 0) is 22.5 Å². The van der Waals surface area contributed by atoms with Gasteiger partial charge in [0.15, 0.2) is 0 Å². The minimum Gasteiger partial charge on any atom is -0.469 e. The lowest BCUT2D eigenvalue weighted by atomic mass is 9.99. The molecule has 0 aliphatic rings. The first-order chi connectivity index (χ1) is 7.63. The van der Waals surface area contributed by atoms with E-state index in [1.165, 1.54) is 7.11 Å². The van der Waals surface area contributed by atoms with Gasteiger partial charge in [-0.3, -0.25) is 4.79 Å². The summed E-state index contributed by atoms with van der Waals surface area (Å²) in [5.41, 5.74) is 7.33. The van der Waals surface area contributed by atoms with E-state index < -0.39 is 5.97 Å². The fourth-order valence-corrected chi connectivity index (χ4v) is 1.73. The third-order valence-electron chi connectivity index (χ3n) is 2.28. The van der Waals surface area contributed by atoms with Crippen LogP contribution in [0.1, 0.15) is 16.7 Å². The van der Waals surface area contributed by atoms with Crippen LogP contribution in [0.2, 0.25) is 0 Å². The Morgan fingerprint density at radius 2 is 2.25 bits per heavy atom. The number of hydrogen-bond acceptors (Lipinski definition) is 5. The van der Waals surface area contributed by atoms with Crippen molar-refractivity contribution in [2.75, 3.05) is 7.11 Å². The number of hydrogen-bond donors (Lipinski definition) is 2. The standard InChI is InChI=1S/C11H12N2O2S/c1-15-11(14)4-8-7(5-12)2-3-10(16)9(8)6-13/h2-3,16H,4,6,13H2,1H3. The minimum atomic E-state index is -0.398. The fraction of sp³-hybridized carbons (Fsp3) is 0.273. The smallest absolute Gasteiger partial charge is 0.310 e. The monoisotopic (exact) mass is 236 g/mol. The first-order valence-electron chi connectivity index (χ1n) is 4.64. The van der Waals surface area contributed by atoms with Crippen LogP contribution in [0.5, 0.6) is 0 Å². The second kappa shape index (κ2) is 5.54. The highest BCUT2D eigenvalue weighted by Gasteiger charge is 2.14. The molecule has 0 unspecified atom stereocenters. The minimum absolute atomic E-state index is 0.0420. The topological polar surface area (TPSA) is 76.1 Å². The SMILES string of the molecule is COC(=O)Cc1c(C#N)ccc(S)c1CN. The Kier molecular flexibility index (Phi) is 4.35. The van der Waals surface area contributed by atoms with Gasteiger partial charge in [0.25, 0.3) is 0 Å². The van der Waals surface area contributed by atoms with Crippen LogP contribution in [-0.4, -0.2) is 13.1 Å². The van der Waals surface area contributed by atoms with Crippen molar-refractivity contribution in [1.29, 1.82) is 5.26 Å². The van der Waals surface area contributed by atoms with Crippen molar-refractivity contribution in [2.24, 2.45) is 5.73 Å². The number of thiol groups is 1. The van der Waals surface area contributed by atoms with Gasteiger partial charge in [0, 0.05) is 11.4 Å². The van der Waals surface area contributed by atoms with Crippen molar-refractivity contribution < 1.29 is 9.53 Å². The van der Waals surface area contributed by atoms with Crippen molar-refractivity contribution in [2.45, 2.75) is 17.9 Å². The van der Waals surface area contributed by atoms with Gasteiger partial charge < -0.3 is 10.5 Å². The highest BCUT2D eigenvalue weighted by Crippen LogP contribution is 2.22. The molecule has 1 aromatic carbocycles. The molecule has 0 aliphatic carbocycles. The zero-order valence-corrected chi connectivity index (χ0v) is 9.75. The number of nitrogens with zero attached hydrogens (tertiary/aromatic N) is 1. The molecule has 0 spiro atoms. The van der Waals surface area contributed by atoms with Crippen LogP contribution >= 0.6 is 12.6 Å². The van der Waals surface area contributed by atoms with Crippen LogP contribution in [0.4, 0.5) is 0 Å². The summed E-state index contributed by atoms with van der Waals surface area (Å²) in [5, 5.41) is 8.95. The molecular formula is C11H12N2O2S. The van der Waals surface area contributed by atoms with Gasteiger partial charge in [-0.2, -0.15) is 5.26 Å². The molecule has 4 nitrogen and oxygen atoms in total. The molecule has 1 rings (SSSR count). The van der Waals surface area contributed by atoms with Gasteiger partial charge in [-0.15, -0.1) is 12.6 Å². The van der Waals surface area contributed by atoms with Gasteiger partial charge in [0.05, 0.1) is 25.2 Å². The Hall–Kier alpha value is -1.51. The molecule has 0 saturated carbocycles. The van der Waals surface area contributed by atoms with E-state index in [0.29, 0.717) is 21.6 Å². The molecule has 0 aromatic heterocycles.